The van der Waals surface area contributed by atoms with Crippen molar-refractivity contribution in [3.8, 4) is 0 Å². The zero-order valence-electron chi connectivity index (χ0n) is 9.98. The summed E-state index contributed by atoms with van der Waals surface area (Å²) in [4.78, 5) is 10.7. The van der Waals surface area contributed by atoms with Gasteiger partial charge in [-0.2, -0.15) is 0 Å². The lowest BCUT2D eigenvalue weighted by Gasteiger charge is -2.13. The molecule has 4 nitrogen and oxygen atoms in total. The molecule has 2 rings (SSSR count). The SMILES string of the molecule is CC(Nc1cccc(Cl)c1F)c1ccc(C(=O)O)o1. The second kappa shape index (κ2) is 5.32. The smallest absolute Gasteiger partial charge is 0.371 e. The zero-order valence-corrected chi connectivity index (χ0v) is 10.7. The third-order valence-corrected chi connectivity index (χ3v) is 2.88. The maximum Gasteiger partial charge on any atom is 0.371 e. The Morgan fingerprint density at radius 1 is 1.42 bits per heavy atom. The minimum atomic E-state index is -1.15. The van der Waals surface area contributed by atoms with E-state index in [1.165, 1.54) is 18.2 Å². The minimum Gasteiger partial charge on any atom is -0.475 e. The van der Waals surface area contributed by atoms with Crippen molar-refractivity contribution < 1.29 is 18.7 Å². The summed E-state index contributed by atoms with van der Waals surface area (Å²) >= 11 is 5.67. The fourth-order valence-corrected chi connectivity index (χ4v) is 1.79. The van der Waals surface area contributed by atoms with Crippen LogP contribution in [0.25, 0.3) is 0 Å². The molecule has 6 heteroatoms. The lowest BCUT2D eigenvalue weighted by atomic mass is 10.2. The largest absolute Gasteiger partial charge is 0.475 e. The number of benzene rings is 1. The lowest BCUT2D eigenvalue weighted by molar-refractivity contribution is 0.0660. The molecule has 0 aliphatic carbocycles. The first-order valence-electron chi connectivity index (χ1n) is 5.52. The van der Waals surface area contributed by atoms with E-state index in [1.807, 2.05) is 0 Å². The number of halogens is 2. The molecule has 1 unspecified atom stereocenters. The molecule has 0 spiro atoms. The quantitative estimate of drug-likeness (QED) is 0.892. The van der Waals surface area contributed by atoms with E-state index in [1.54, 1.807) is 19.1 Å². The summed E-state index contributed by atoms with van der Waals surface area (Å²) in [5.41, 5.74) is 0.230. The summed E-state index contributed by atoms with van der Waals surface area (Å²) in [5, 5.41) is 11.6. The summed E-state index contributed by atoms with van der Waals surface area (Å²) < 4.78 is 18.8. The van der Waals surface area contributed by atoms with Gasteiger partial charge in [0.15, 0.2) is 5.82 Å². The van der Waals surface area contributed by atoms with Crippen LogP contribution in [-0.4, -0.2) is 11.1 Å². The standard InChI is InChI=1S/C13H11ClFNO3/c1-7(10-5-6-11(19-10)13(17)18)16-9-4-2-3-8(14)12(9)15/h2-7,16H,1H3,(H,17,18). The van der Waals surface area contributed by atoms with E-state index in [2.05, 4.69) is 5.32 Å². The van der Waals surface area contributed by atoms with E-state index in [4.69, 9.17) is 21.1 Å². The Hall–Kier alpha value is -2.01. The Labute approximate surface area is 113 Å². The lowest BCUT2D eigenvalue weighted by Crippen LogP contribution is -2.07. The van der Waals surface area contributed by atoms with Crippen molar-refractivity contribution in [1.82, 2.24) is 0 Å². The normalized spacial score (nSPS) is 12.2. The molecule has 1 heterocycles. The molecule has 2 aromatic rings. The van der Waals surface area contributed by atoms with Gasteiger partial charge in [-0.1, -0.05) is 17.7 Å². The van der Waals surface area contributed by atoms with Crippen LogP contribution in [0, 0.1) is 5.82 Å². The highest BCUT2D eigenvalue weighted by molar-refractivity contribution is 6.31. The number of nitrogens with one attached hydrogen (secondary N) is 1. The van der Waals surface area contributed by atoms with Crippen LogP contribution >= 0.6 is 11.6 Å². The highest BCUT2D eigenvalue weighted by Crippen LogP contribution is 2.26. The minimum absolute atomic E-state index is 0.0165. The van der Waals surface area contributed by atoms with Gasteiger partial charge < -0.3 is 14.8 Å². The molecule has 19 heavy (non-hydrogen) atoms. The van der Waals surface area contributed by atoms with E-state index in [-0.39, 0.29) is 22.5 Å². The molecule has 0 bridgehead atoms. The molecule has 1 atom stereocenters. The van der Waals surface area contributed by atoms with Gasteiger partial charge in [0.1, 0.15) is 5.76 Å². The van der Waals surface area contributed by atoms with Crippen molar-refractivity contribution >= 4 is 23.3 Å². The molecule has 1 aromatic carbocycles. The first-order chi connectivity index (χ1) is 8.99. The van der Waals surface area contributed by atoms with Gasteiger partial charge in [-0.25, -0.2) is 9.18 Å². The number of furan rings is 1. The number of carbonyl (C=O) groups is 1. The van der Waals surface area contributed by atoms with Crippen molar-refractivity contribution in [2.45, 2.75) is 13.0 Å². The topological polar surface area (TPSA) is 62.5 Å². The van der Waals surface area contributed by atoms with Gasteiger partial charge in [-0.3, -0.25) is 0 Å². The average molecular weight is 284 g/mol. The van der Waals surface area contributed by atoms with Crippen LogP contribution in [0.3, 0.4) is 0 Å². The summed E-state index contributed by atoms with van der Waals surface area (Å²) in [6.07, 6.45) is 0. The van der Waals surface area contributed by atoms with Crippen molar-refractivity contribution in [2.24, 2.45) is 0 Å². The summed E-state index contributed by atoms with van der Waals surface area (Å²) in [6.45, 7) is 1.73. The van der Waals surface area contributed by atoms with E-state index < -0.39 is 11.8 Å². The van der Waals surface area contributed by atoms with Crippen LogP contribution < -0.4 is 5.32 Å². The number of hydrogen-bond acceptors (Lipinski definition) is 3. The highest BCUT2D eigenvalue weighted by Gasteiger charge is 2.16. The maximum atomic E-state index is 13.7. The molecule has 100 valence electrons. The molecule has 0 saturated carbocycles. The van der Waals surface area contributed by atoms with Gasteiger partial charge in [-0.15, -0.1) is 0 Å². The number of hydrogen-bond donors (Lipinski definition) is 2. The highest BCUT2D eigenvalue weighted by atomic mass is 35.5. The van der Waals surface area contributed by atoms with Gasteiger partial charge in [0.05, 0.1) is 16.8 Å². The molecule has 2 N–H and O–H groups in total. The fourth-order valence-electron chi connectivity index (χ4n) is 1.62. The molecule has 0 aliphatic heterocycles. The van der Waals surface area contributed by atoms with E-state index in [0.717, 1.165) is 0 Å². The Morgan fingerprint density at radius 3 is 2.79 bits per heavy atom. The zero-order chi connectivity index (χ0) is 14.0. The van der Waals surface area contributed by atoms with Gasteiger partial charge in [-0.05, 0) is 31.2 Å². The van der Waals surface area contributed by atoms with E-state index in [9.17, 15) is 9.18 Å². The Morgan fingerprint density at radius 2 is 2.16 bits per heavy atom. The molecular weight excluding hydrogens is 273 g/mol. The monoisotopic (exact) mass is 283 g/mol. The van der Waals surface area contributed by atoms with Crippen LogP contribution in [0.4, 0.5) is 10.1 Å². The Kier molecular flexibility index (Phi) is 3.76. The van der Waals surface area contributed by atoms with E-state index >= 15 is 0 Å². The van der Waals surface area contributed by atoms with Gasteiger partial charge in [0.2, 0.25) is 5.76 Å². The first-order valence-corrected chi connectivity index (χ1v) is 5.90. The van der Waals surface area contributed by atoms with Gasteiger partial charge in [0, 0.05) is 0 Å². The Balaban J connectivity index is 2.18. The summed E-state index contributed by atoms with van der Waals surface area (Å²) in [6, 6.07) is 7.10. The van der Waals surface area contributed by atoms with Crippen LogP contribution in [0.5, 0.6) is 0 Å². The van der Waals surface area contributed by atoms with Crippen molar-refractivity contribution in [3.63, 3.8) is 0 Å². The van der Waals surface area contributed by atoms with Crippen molar-refractivity contribution in [3.05, 3.63) is 52.7 Å². The van der Waals surface area contributed by atoms with Crippen LogP contribution in [0.15, 0.2) is 34.7 Å². The van der Waals surface area contributed by atoms with Crippen LogP contribution in [-0.2, 0) is 0 Å². The molecule has 0 fully saturated rings. The molecule has 0 saturated heterocycles. The molecule has 0 aliphatic rings. The number of carboxylic acids is 1. The Bertz CT molecular complexity index is 612. The predicted molar refractivity (Wildman–Crippen MR) is 69.1 cm³/mol. The third kappa shape index (κ3) is 2.88. The molecule has 0 amide bonds. The molecule has 1 aromatic heterocycles. The average Bonchev–Trinajstić information content (AvgIpc) is 2.84. The number of carboxylic acid groups (broad SMARTS) is 1. The number of anilines is 1. The van der Waals surface area contributed by atoms with E-state index in [0.29, 0.717) is 5.76 Å². The van der Waals surface area contributed by atoms with Gasteiger partial charge >= 0.3 is 5.97 Å². The number of aromatic carboxylic acids is 1. The van der Waals surface area contributed by atoms with Crippen molar-refractivity contribution in [2.75, 3.05) is 5.32 Å². The van der Waals surface area contributed by atoms with Crippen LogP contribution in [0.2, 0.25) is 5.02 Å². The third-order valence-electron chi connectivity index (χ3n) is 2.59. The molecular formula is C13H11ClFNO3. The second-order valence-corrected chi connectivity index (χ2v) is 4.38. The molecule has 0 radical (unpaired) electrons. The summed E-state index contributed by atoms with van der Waals surface area (Å²) in [5.74, 6) is -1.46. The van der Waals surface area contributed by atoms with Crippen molar-refractivity contribution in [1.29, 1.82) is 0 Å². The first kappa shape index (κ1) is 13.4. The maximum absolute atomic E-state index is 13.7. The number of rotatable bonds is 4. The fraction of sp³-hybridized carbons (Fsp3) is 0.154. The predicted octanol–water partition coefficient (Wildman–Crippen LogP) is 3.94. The van der Waals surface area contributed by atoms with Gasteiger partial charge in [0.25, 0.3) is 0 Å². The summed E-state index contributed by atoms with van der Waals surface area (Å²) in [7, 11) is 0. The van der Waals surface area contributed by atoms with Crippen LogP contribution in [0.1, 0.15) is 29.3 Å². The second-order valence-electron chi connectivity index (χ2n) is 3.97.